The van der Waals surface area contributed by atoms with Crippen LogP contribution in [0, 0.1) is 0 Å². The lowest BCUT2D eigenvalue weighted by Crippen LogP contribution is -2.14. The Morgan fingerprint density at radius 3 is 2.50 bits per heavy atom. The van der Waals surface area contributed by atoms with E-state index in [0.29, 0.717) is 29.7 Å². The Morgan fingerprint density at radius 2 is 1.92 bits per heavy atom. The summed E-state index contributed by atoms with van der Waals surface area (Å²) in [7, 11) is 5.57. The van der Waals surface area contributed by atoms with Crippen molar-refractivity contribution in [1.82, 2.24) is 10.3 Å². The van der Waals surface area contributed by atoms with Gasteiger partial charge in [-0.1, -0.05) is 17.7 Å². The molecule has 130 valence electrons. The van der Waals surface area contributed by atoms with Gasteiger partial charge >= 0.3 is 0 Å². The molecule has 0 saturated carbocycles. The zero-order chi connectivity index (χ0) is 17.5. The van der Waals surface area contributed by atoms with Crippen LogP contribution < -0.4 is 19.7 Å². The number of anilines is 1. The first kappa shape index (κ1) is 18.4. The molecule has 0 aliphatic heterocycles. The highest BCUT2D eigenvalue weighted by molar-refractivity contribution is 6.32. The number of aromatic nitrogens is 1. The minimum Gasteiger partial charge on any atom is -0.493 e. The van der Waals surface area contributed by atoms with E-state index in [-0.39, 0.29) is 0 Å². The second kappa shape index (κ2) is 8.76. The molecule has 0 bridgehead atoms. The van der Waals surface area contributed by atoms with Crippen LogP contribution in [0.4, 0.5) is 5.82 Å². The van der Waals surface area contributed by atoms with Gasteiger partial charge in [0.15, 0.2) is 11.5 Å². The van der Waals surface area contributed by atoms with Crippen LogP contribution in [0.5, 0.6) is 11.5 Å². The van der Waals surface area contributed by atoms with Gasteiger partial charge in [0.25, 0.3) is 0 Å². The third kappa shape index (κ3) is 4.76. The topological polar surface area (TPSA) is 46.6 Å². The van der Waals surface area contributed by atoms with Gasteiger partial charge in [0.05, 0.1) is 18.7 Å². The number of ether oxygens (including phenoxy) is 2. The summed E-state index contributed by atoms with van der Waals surface area (Å²) in [6, 6.07) is 7.92. The molecule has 2 aromatic rings. The first-order chi connectivity index (χ1) is 11.5. The Bertz CT molecular complexity index is 660. The minimum atomic E-state index is 0.545. The average Bonchev–Trinajstić information content (AvgIpc) is 2.57. The summed E-state index contributed by atoms with van der Waals surface area (Å²) >= 11 is 6.29. The van der Waals surface area contributed by atoms with E-state index in [0.717, 1.165) is 23.5 Å². The normalized spacial score (nSPS) is 10.5. The van der Waals surface area contributed by atoms with Crippen LogP contribution in [0.1, 0.15) is 18.1 Å². The predicted molar refractivity (Wildman–Crippen MR) is 98.3 cm³/mol. The number of halogens is 1. The monoisotopic (exact) mass is 349 g/mol. The van der Waals surface area contributed by atoms with Crippen LogP contribution in [-0.2, 0) is 13.1 Å². The van der Waals surface area contributed by atoms with E-state index in [1.54, 1.807) is 7.11 Å². The number of nitrogens with one attached hydrogen (secondary N) is 1. The van der Waals surface area contributed by atoms with Gasteiger partial charge in [0.1, 0.15) is 5.82 Å². The summed E-state index contributed by atoms with van der Waals surface area (Å²) in [5, 5.41) is 3.95. The Balaban J connectivity index is 1.97. The van der Waals surface area contributed by atoms with E-state index < -0.39 is 0 Å². The highest BCUT2D eigenvalue weighted by Crippen LogP contribution is 2.36. The largest absolute Gasteiger partial charge is 0.493 e. The Kier molecular flexibility index (Phi) is 6.70. The molecule has 0 unspecified atom stereocenters. The maximum atomic E-state index is 6.29. The lowest BCUT2D eigenvalue weighted by molar-refractivity contribution is 0.311. The van der Waals surface area contributed by atoms with Gasteiger partial charge in [-0.25, -0.2) is 4.98 Å². The fraction of sp³-hybridized carbons (Fsp3) is 0.389. The van der Waals surface area contributed by atoms with Gasteiger partial charge in [0, 0.05) is 33.4 Å². The standard InChI is InChI=1S/C18H24ClN3O2/c1-5-24-18-15(19)8-14(9-16(18)23-4)11-20-10-13-6-7-17(21-12-13)22(2)3/h6-9,12,20H,5,10-11H2,1-4H3. The summed E-state index contributed by atoms with van der Waals surface area (Å²) in [5.74, 6) is 2.19. The fourth-order valence-corrected chi connectivity index (χ4v) is 2.58. The molecule has 1 N–H and O–H groups in total. The number of hydrogen-bond donors (Lipinski definition) is 1. The molecule has 0 fully saturated rings. The van der Waals surface area contributed by atoms with Crippen LogP contribution >= 0.6 is 11.6 Å². The zero-order valence-electron chi connectivity index (χ0n) is 14.6. The third-order valence-electron chi connectivity index (χ3n) is 3.50. The summed E-state index contributed by atoms with van der Waals surface area (Å²) in [6.45, 7) is 3.87. The van der Waals surface area contributed by atoms with Crippen molar-refractivity contribution in [3.63, 3.8) is 0 Å². The Hall–Kier alpha value is -1.98. The van der Waals surface area contributed by atoms with E-state index in [1.807, 2.05) is 50.3 Å². The third-order valence-corrected chi connectivity index (χ3v) is 3.78. The SMILES string of the molecule is CCOc1c(Cl)cc(CNCc2ccc(N(C)C)nc2)cc1OC. The van der Waals surface area contributed by atoms with Crippen molar-refractivity contribution >= 4 is 17.4 Å². The van der Waals surface area contributed by atoms with E-state index in [2.05, 4.69) is 16.4 Å². The number of nitrogens with zero attached hydrogens (tertiary/aromatic N) is 2. The van der Waals surface area contributed by atoms with Crippen LogP contribution in [-0.4, -0.2) is 32.8 Å². The molecule has 1 heterocycles. The van der Waals surface area contributed by atoms with Crippen LogP contribution in [0.15, 0.2) is 30.5 Å². The highest BCUT2D eigenvalue weighted by Gasteiger charge is 2.11. The lowest BCUT2D eigenvalue weighted by atomic mass is 10.2. The molecule has 2 rings (SSSR count). The van der Waals surface area contributed by atoms with E-state index in [4.69, 9.17) is 21.1 Å². The van der Waals surface area contributed by atoms with Crippen molar-refractivity contribution in [1.29, 1.82) is 0 Å². The number of pyridine rings is 1. The van der Waals surface area contributed by atoms with Crippen molar-refractivity contribution in [3.05, 3.63) is 46.6 Å². The van der Waals surface area contributed by atoms with E-state index in [1.165, 1.54) is 0 Å². The van der Waals surface area contributed by atoms with Crippen LogP contribution in [0.2, 0.25) is 5.02 Å². The zero-order valence-corrected chi connectivity index (χ0v) is 15.4. The highest BCUT2D eigenvalue weighted by atomic mass is 35.5. The number of hydrogen-bond acceptors (Lipinski definition) is 5. The second-order valence-electron chi connectivity index (χ2n) is 5.56. The molecule has 0 atom stereocenters. The van der Waals surface area contributed by atoms with Crippen molar-refractivity contribution in [2.45, 2.75) is 20.0 Å². The van der Waals surface area contributed by atoms with Gasteiger partial charge < -0.3 is 19.7 Å². The quantitative estimate of drug-likeness (QED) is 0.790. The first-order valence-electron chi connectivity index (χ1n) is 7.87. The molecule has 5 nitrogen and oxygen atoms in total. The van der Waals surface area contributed by atoms with Crippen molar-refractivity contribution in [3.8, 4) is 11.5 Å². The second-order valence-corrected chi connectivity index (χ2v) is 5.97. The lowest BCUT2D eigenvalue weighted by Gasteiger charge is -2.14. The predicted octanol–water partition coefficient (Wildman–Crippen LogP) is 3.50. The van der Waals surface area contributed by atoms with Gasteiger partial charge in [-0.05, 0) is 36.2 Å². The smallest absolute Gasteiger partial charge is 0.179 e. The molecule has 0 aliphatic carbocycles. The molecule has 6 heteroatoms. The summed E-state index contributed by atoms with van der Waals surface area (Å²) in [5.41, 5.74) is 2.17. The summed E-state index contributed by atoms with van der Waals surface area (Å²) < 4.78 is 10.9. The molecule has 0 spiro atoms. The molecule has 1 aromatic carbocycles. The molecule has 1 aromatic heterocycles. The molecule has 0 radical (unpaired) electrons. The van der Waals surface area contributed by atoms with Crippen molar-refractivity contribution < 1.29 is 9.47 Å². The van der Waals surface area contributed by atoms with Gasteiger partial charge in [-0.3, -0.25) is 0 Å². The van der Waals surface area contributed by atoms with Crippen LogP contribution in [0.3, 0.4) is 0 Å². The maximum Gasteiger partial charge on any atom is 0.179 e. The number of rotatable bonds is 8. The van der Waals surface area contributed by atoms with Gasteiger partial charge in [0.2, 0.25) is 0 Å². The summed E-state index contributed by atoms with van der Waals surface area (Å²) in [4.78, 5) is 6.38. The molecular weight excluding hydrogens is 326 g/mol. The average molecular weight is 350 g/mol. The number of benzene rings is 1. The Morgan fingerprint density at radius 1 is 1.17 bits per heavy atom. The van der Waals surface area contributed by atoms with Gasteiger partial charge in [-0.15, -0.1) is 0 Å². The molecular formula is C18H24ClN3O2. The molecule has 0 aliphatic rings. The van der Waals surface area contributed by atoms with Crippen molar-refractivity contribution in [2.24, 2.45) is 0 Å². The molecule has 0 amide bonds. The maximum absolute atomic E-state index is 6.29. The van der Waals surface area contributed by atoms with Gasteiger partial charge in [-0.2, -0.15) is 0 Å². The van der Waals surface area contributed by atoms with E-state index >= 15 is 0 Å². The van der Waals surface area contributed by atoms with E-state index in [9.17, 15) is 0 Å². The molecule has 24 heavy (non-hydrogen) atoms. The van der Waals surface area contributed by atoms with Crippen LogP contribution in [0.25, 0.3) is 0 Å². The van der Waals surface area contributed by atoms with Crippen molar-refractivity contribution in [2.75, 3.05) is 32.7 Å². The number of methoxy groups -OCH3 is 1. The molecule has 0 saturated heterocycles. The minimum absolute atomic E-state index is 0.545. The fourth-order valence-electron chi connectivity index (χ4n) is 2.30. The summed E-state index contributed by atoms with van der Waals surface area (Å²) in [6.07, 6.45) is 1.88. The first-order valence-corrected chi connectivity index (χ1v) is 8.25. The Labute approximate surface area is 148 Å².